The first-order valence-corrected chi connectivity index (χ1v) is 6.76. The van der Waals surface area contributed by atoms with E-state index < -0.39 is 5.54 Å². The van der Waals surface area contributed by atoms with Crippen LogP contribution in [-0.4, -0.2) is 21.0 Å². The van der Waals surface area contributed by atoms with Crippen LogP contribution in [0.25, 0.3) is 0 Å². The van der Waals surface area contributed by atoms with Gasteiger partial charge in [0.2, 0.25) is 5.91 Å². The van der Waals surface area contributed by atoms with Gasteiger partial charge in [0.15, 0.2) is 0 Å². The minimum Gasteiger partial charge on any atom is -0.350 e. The maximum absolute atomic E-state index is 11.7. The van der Waals surface area contributed by atoms with Crippen LogP contribution < -0.4 is 11.1 Å². The van der Waals surface area contributed by atoms with E-state index in [1.165, 1.54) is 5.56 Å². The second kappa shape index (κ2) is 5.09. The summed E-state index contributed by atoms with van der Waals surface area (Å²) in [5.74, 6) is -0.0417. The quantitative estimate of drug-likeness (QED) is 0.852. The molecule has 3 N–H and O–H groups in total. The zero-order valence-electron chi connectivity index (χ0n) is 11.2. The first-order chi connectivity index (χ1) is 9.66. The van der Waals surface area contributed by atoms with E-state index in [9.17, 15) is 4.79 Å². The number of nitrogens with one attached hydrogen (secondary N) is 1. The minimum absolute atomic E-state index is 0.0417. The first-order valence-electron chi connectivity index (χ1n) is 6.76. The molecule has 0 bridgehead atoms. The van der Waals surface area contributed by atoms with Gasteiger partial charge in [0.05, 0.1) is 11.9 Å². The zero-order chi connectivity index (χ0) is 14.0. The molecule has 3 rings (SSSR count). The van der Waals surface area contributed by atoms with Crippen molar-refractivity contribution in [2.24, 2.45) is 5.73 Å². The molecule has 104 valence electrons. The van der Waals surface area contributed by atoms with Gasteiger partial charge in [0.1, 0.15) is 0 Å². The first kappa shape index (κ1) is 12.9. The largest absolute Gasteiger partial charge is 0.350 e. The van der Waals surface area contributed by atoms with Crippen LogP contribution in [-0.2, 0) is 17.9 Å². The number of nitrogens with zero attached hydrogens (tertiary/aromatic N) is 2. The Bertz CT molecular complexity index is 585. The van der Waals surface area contributed by atoms with Gasteiger partial charge >= 0.3 is 0 Å². The molecule has 1 aromatic heterocycles. The molecular formula is C15H18N4O. The highest BCUT2D eigenvalue weighted by molar-refractivity contribution is 5.88. The summed E-state index contributed by atoms with van der Waals surface area (Å²) < 4.78 is 2.02. The lowest BCUT2D eigenvalue weighted by Crippen LogP contribution is -2.42. The SMILES string of the molecule is NC1(C(=O)NCc2ccc(Cn3ccnc3)cc2)CC1. The van der Waals surface area contributed by atoms with Gasteiger partial charge in [-0.05, 0) is 24.0 Å². The number of benzene rings is 1. The standard InChI is InChI=1S/C15H18N4O/c16-15(5-6-15)14(20)18-9-12-1-3-13(4-2-12)10-19-8-7-17-11-19/h1-4,7-8,11H,5-6,9-10,16H2,(H,18,20). The van der Waals surface area contributed by atoms with Crippen molar-refractivity contribution in [2.75, 3.05) is 0 Å². The van der Waals surface area contributed by atoms with Crippen molar-refractivity contribution in [3.05, 3.63) is 54.1 Å². The fourth-order valence-corrected chi connectivity index (χ4v) is 2.07. The lowest BCUT2D eigenvalue weighted by Gasteiger charge is -2.10. The van der Waals surface area contributed by atoms with Crippen LogP contribution in [0.1, 0.15) is 24.0 Å². The molecule has 5 nitrogen and oxygen atoms in total. The summed E-state index contributed by atoms with van der Waals surface area (Å²) >= 11 is 0. The number of amides is 1. The lowest BCUT2D eigenvalue weighted by atomic mass is 10.1. The van der Waals surface area contributed by atoms with Crippen LogP contribution in [0, 0.1) is 0 Å². The average Bonchev–Trinajstić information content (AvgIpc) is 3.01. The van der Waals surface area contributed by atoms with E-state index in [-0.39, 0.29) is 5.91 Å². The Morgan fingerprint density at radius 3 is 2.60 bits per heavy atom. The molecule has 1 aliphatic rings. The van der Waals surface area contributed by atoms with Gasteiger partial charge < -0.3 is 15.6 Å². The van der Waals surface area contributed by atoms with Gasteiger partial charge in [0, 0.05) is 25.5 Å². The third-order valence-electron chi connectivity index (χ3n) is 3.64. The Morgan fingerprint density at radius 2 is 2.00 bits per heavy atom. The number of rotatable bonds is 5. The van der Waals surface area contributed by atoms with Crippen molar-refractivity contribution in [1.29, 1.82) is 0 Å². The number of aromatic nitrogens is 2. The lowest BCUT2D eigenvalue weighted by molar-refractivity contribution is -0.123. The maximum Gasteiger partial charge on any atom is 0.240 e. The Balaban J connectivity index is 1.54. The van der Waals surface area contributed by atoms with E-state index in [0.717, 1.165) is 24.9 Å². The highest BCUT2D eigenvalue weighted by Gasteiger charge is 2.45. The van der Waals surface area contributed by atoms with Gasteiger partial charge in [0.25, 0.3) is 0 Å². The Morgan fingerprint density at radius 1 is 1.30 bits per heavy atom. The molecule has 0 radical (unpaired) electrons. The van der Waals surface area contributed by atoms with Crippen LogP contribution in [0.5, 0.6) is 0 Å². The summed E-state index contributed by atoms with van der Waals surface area (Å²) in [7, 11) is 0. The molecule has 1 heterocycles. The molecular weight excluding hydrogens is 252 g/mol. The second-order valence-electron chi connectivity index (χ2n) is 5.39. The molecule has 0 saturated heterocycles. The van der Waals surface area contributed by atoms with E-state index in [1.54, 1.807) is 12.5 Å². The van der Waals surface area contributed by atoms with Crippen LogP contribution in [0.3, 0.4) is 0 Å². The molecule has 1 aliphatic carbocycles. The van der Waals surface area contributed by atoms with Crippen molar-refractivity contribution in [3.63, 3.8) is 0 Å². The van der Waals surface area contributed by atoms with Crippen molar-refractivity contribution in [3.8, 4) is 0 Å². The Hall–Kier alpha value is -2.14. The number of hydrogen-bond donors (Lipinski definition) is 2. The molecule has 2 aromatic rings. The molecule has 5 heteroatoms. The molecule has 20 heavy (non-hydrogen) atoms. The van der Waals surface area contributed by atoms with E-state index >= 15 is 0 Å². The summed E-state index contributed by atoms with van der Waals surface area (Å²) in [6, 6.07) is 8.19. The van der Waals surface area contributed by atoms with Gasteiger partial charge in [-0.3, -0.25) is 4.79 Å². The summed E-state index contributed by atoms with van der Waals surface area (Å²) in [5.41, 5.74) is 7.52. The van der Waals surface area contributed by atoms with E-state index in [4.69, 9.17) is 5.73 Å². The predicted molar refractivity (Wildman–Crippen MR) is 75.8 cm³/mol. The van der Waals surface area contributed by atoms with Crippen molar-refractivity contribution in [2.45, 2.75) is 31.5 Å². The smallest absolute Gasteiger partial charge is 0.240 e. The third kappa shape index (κ3) is 2.88. The topological polar surface area (TPSA) is 72.9 Å². The summed E-state index contributed by atoms with van der Waals surface area (Å²) in [5, 5.41) is 2.89. The molecule has 1 saturated carbocycles. The monoisotopic (exact) mass is 270 g/mol. The minimum atomic E-state index is -0.596. The van der Waals surface area contributed by atoms with Crippen LogP contribution in [0.2, 0.25) is 0 Å². The van der Waals surface area contributed by atoms with Gasteiger partial charge in [-0.1, -0.05) is 24.3 Å². The predicted octanol–water partition coefficient (Wildman–Crippen LogP) is 1.04. The zero-order valence-corrected chi connectivity index (χ0v) is 11.2. The third-order valence-corrected chi connectivity index (χ3v) is 3.64. The number of carbonyl (C=O) groups is 1. The van der Waals surface area contributed by atoms with Crippen molar-refractivity contribution in [1.82, 2.24) is 14.9 Å². The summed E-state index contributed by atoms with van der Waals surface area (Å²) in [4.78, 5) is 15.7. The fraction of sp³-hybridized carbons (Fsp3) is 0.333. The van der Waals surface area contributed by atoms with Gasteiger partial charge in [-0.2, -0.15) is 0 Å². The Labute approximate surface area is 117 Å². The number of imidazole rings is 1. The number of carbonyl (C=O) groups excluding carboxylic acids is 1. The molecule has 0 spiro atoms. The van der Waals surface area contributed by atoms with Crippen LogP contribution in [0.4, 0.5) is 0 Å². The number of hydrogen-bond acceptors (Lipinski definition) is 3. The van der Waals surface area contributed by atoms with Gasteiger partial charge in [-0.15, -0.1) is 0 Å². The number of nitrogens with two attached hydrogens (primary N) is 1. The van der Waals surface area contributed by atoms with Gasteiger partial charge in [-0.25, -0.2) is 4.98 Å². The summed E-state index contributed by atoms with van der Waals surface area (Å²) in [6.07, 6.45) is 7.09. The van der Waals surface area contributed by atoms with Crippen molar-refractivity contribution < 1.29 is 4.79 Å². The molecule has 0 aliphatic heterocycles. The highest BCUT2D eigenvalue weighted by Crippen LogP contribution is 2.32. The normalized spacial score (nSPS) is 15.8. The van der Waals surface area contributed by atoms with E-state index in [2.05, 4.69) is 22.4 Å². The molecule has 1 aromatic carbocycles. The maximum atomic E-state index is 11.7. The van der Waals surface area contributed by atoms with Crippen LogP contribution in [0.15, 0.2) is 43.0 Å². The van der Waals surface area contributed by atoms with Crippen LogP contribution >= 0.6 is 0 Å². The van der Waals surface area contributed by atoms with E-state index in [1.807, 2.05) is 22.9 Å². The van der Waals surface area contributed by atoms with E-state index in [0.29, 0.717) is 6.54 Å². The molecule has 0 atom stereocenters. The molecule has 1 amide bonds. The molecule has 0 unspecified atom stereocenters. The second-order valence-corrected chi connectivity index (χ2v) is 5.39. The fourth-order valence-electron chi connectivity index (χ4n) is 2.07. The highest BCUT2D eigenvalue weighted by atomic mass is 16.2. The average molecular weight is 270 g/mol. The Kier molecular flexibility index (Phi) is 3.28. The summed E-state index contributed by atoms with van der Waals surface area (Å²) in [6.45, 7) is 1.34. The molecule has 1 fully saturated rings. The van der Waals surface area contributed by atoms with Crippen molar-refractivity contribution >= 4 is 5.91 Å².